The Morgan fingerprint density at radius 1 is 0.364 bits per heavy atom. The molecule has 0 saturated carbocycles. The van der Waals surface area contributed by atoms with Crippen LogP contribution in [-0.4, -0.2) is 94.2 Å². The van der Waals surface area contributed by atoms with Crippen LogP contribution in [-0.2, 0) is 47.6 Å². The Balaban J connectivity index is 5.06. The first-order valence-corrected chi connectivity index (χ1v) is 27.2. The first-order valence-electron chi connectivity index (χ1n) is 27.2. The molecule has 0 aromatic carbocycles. The van der Waals surface area contributed by atoms with Crippen molar-refractivity contribution in [3.05, 3.63) is 0 Å². The van der Waals surface area contributed by atoms with Crippen LogP contribution < -0.4 is 0 Å². The number of esters is 4. The lowest BCUT2D eigenvalue weighted by Gasteiger charge is -2.19. The molecule has 12 heteroatoms. The Morgan fingerprint density at radius 2 is 0.682 bits per heavy atom. The van der Waals surface area contributed by atoms with Gasteiger partial charge in [-0.2, -0.15) is 0 Å². The van der Waals surface area contributed by atoms with Crippen molar-refractivity contribution in [1.29, 1.82) is 0 Å². The van der Waals surface area contributed by atoms with Gasteiger partial charge >= 0.3 is 30.0 Å². The summed E-state index contributed by atoms with van der Waals surface area (Å²) >= 11 is 0. The second kappa shape index (κ2) is 47.2. The molecule has 0 aliphatic carbocycles. The molecule has 0 aromatic rings. The summed E-state index contributed by atoms with van der Waals surface area (Å²) in [5.74, 6) is -2.24. The number of carbonyl (C=O) groups excluding carboxylic acids is 5. The molecule has 388 valence electrons. The zero-order valence-electron chi connectivity index (χ0n) is 43.5. The third-order valence-electron chi connectivity index (χ3n) is 12.0. The molecule has 0 saturated heterocycles. The van der Waals surface area contributed by atoms with Gasteiger partial charge < -0.3 is 33.3 Å². The summed E-state index contributed by atoms with van der Waals surface area (Å²) in [7, 11) is 3.86. The smallest absolute Gasteiger partial charge is 0.465 e. The predicted molar refractivity (Wildman–Crippen MR) is 265 cm³/mol. The Bertz CT molecular complexity index is 1060. The largest absolute Gasteiger partial charge is 0.508 e. The monoisotopic (exact) mass is 940 g/mol. The fraction of sp³-hybridized carbons (Fsp3) is 0.907. The Morgan fingerprint density at radius 3 is 1.03 bits per heavy atom. The van der Waals surface area contributed by atoms with E-state index in [-0.39, 0.29) is 89.1 Å². The molecule has 0 amide bonds. The van der Waals surface area contributed by atoms with Crippen molar-refractivity contribution in [3.63, 3.8) is 0 Å². The molecule has 0 heterocycles. The standard InChI is InChI=1S/C54H101NO11/c1-7-11-15-19-23-27-34-48(35-28-24-20-16-12-8-2)65-52(58)40-31-38-50(56)62-44-47(46-64-54(60)61-43-33-42-55(5)6)45-63-51(57)39-32-41-53(59)66-49(36-29-25-21-17-13-9-3)37-30-26-22-18-14-10-4/h47-49H,7-46H2,1-6H3. The van der Waals surface area contributed by atoms with Crippen molar-refractivity contribution in [2.24, 2.45) is 5.92 Å². The van der Waals surface area contributed by atoms with Crippen LogP contribution in [0.3, 0.4) is 0 Å². The zero-order valence-corrected chi connectivity index (χ0v) is 43.5. The van der Waals surface area contributed by atoms with Crippen molar-refractivity contribution >= 4 is 30.0 Å². The minimum Gasteiger partial charge on any atom is -0.465 e. The first-order chi connectivity index (χ1) is 32.0. The van der Waals surface area contributed by atoms with E-state index in [0.29, 0.717) is 6.42 Å². The fourth-order valence-electron chi connectivity index (χ4n) is 7.85. The fourth-order valence-corrected chi connectivity index (χ4v) is 7.85. The molecule has 0 aliphatic heterocycles. The van der Waals surface area contributed by atoms with E-state index in [4.69, 9.17) is 28.4 Å². The van der Waals surface area contributed by atoms with Crippen molar-refractivity contribution < 1.29 is 52.4 Å². The van der Waals surface area contributed by atoms with E-state index in [1.54, 1.807) is 0 Å². The number of hydrogen-bond donors (Lipinski definition) is 0. The van der Waals surface area contributed by atoms with Crippen molar-refractivity contribution in [1.82, 2.24) is 4.90 Å². The second-order valence-corrected chi connectivity index (χ2v) is 19.0. The van der Waals surface area contributed by atoms with Crippen LogP contribution in [0.1, 0.15) is 252 Å². The molecule has 0 spiro atoms. The normalized spacial score (nSPS) is 11.4. The van der Waals surface area contributed by atoms with Crippen LogP contribution in [0.4, 0.5) is 4.79 Å². The van der Waals surface area contributed by atoms with Crippen LogP contribution >= 0.6 is 0 Å². The number of carbonyl (C=O) groups is 5. The van der Waals surface area contributed by atoms with E-state index in [2.05, 4.69) is 27.7 Å². The molecule has 0 unspecified atom stereocenters. The molecule has 12 nitrogen and oxygen atoms in total. The topological polar surface area (TPSA) is 144 Å². The molecule has 0 bridgehead atoms. The highest BCUT2D eigenvalue weighted by atomic mass is 16.7. The molecular weight excluding hydrogens is 839 g/mol. The number of ether oxygens (including phenoxy) is 6. The highest BCUT2D eigenvalue weighted by Gasteiger charge is 2.21. The molecule has 0 radical (unpaired) electrons. The Kier molecular flexibility index (Phi) is 45.1. The molecular formula is C54H101NO11. The number of hydrogen-bond acceptors (Lipinski definition) is 12. The third kappa shape index (κ3) is 43.7. The predicted octanol–water partition coefficient (Wildman–Crippen LogP) is 14.0. The summed E-state index contributed by atoms with van der Waals surface area (Å²) in [6.45, 7) is 9.28. The number of unbranched alkanes of at least 4 members (excludes halogenated alkanes) is 20. The maximum Gasteiger partial charge on any atom is 0.508 e. The van der Waals surface area contributed by atoms with E-state index in [1.165, 1.54) is 103 Å². The van der Waals surface area contributed by atoms with E-state index in [9.17, 15) is 24.0 Å². The minimum absolute atomic E-state index is 0.0186. The lowest BCUT2D eigenvalue weighted by Crippen LogP contribution is -2.27. The summed E-state index contributed by atoms with van der Waals surface area (Å²) in [6, 6.07) is 0. The summed E-state index contributed by atoms with van der Waals surface area (Å²) in [5.41, 5.74) is 0. The highest BCUT2D eigenvalue weighted by molar-refractivity contribution is 5.73. The summed E-state index contributed by atoms with van der Waals surface area (Å²) in [5, 5.41) is 0. The highest BCUT2D eigenvalue weighted by Crippen LogP contribution is 2.20. The van der Waals surface area contributed by atoms with Gasteiger partial charge in [-0.25, -0.2) is 4.79 Å². The lowest BCUT2D eigenvalue weighted by molar-refractivity contribution is -0.151. The van der Waals surface area contributed by atoms with Crippen molar-refractivity contribution in [2.75, 3.05) is 47.1 Å². The van der Waals surface area contributed by atoms with Gasteiger partial charge in [0.15, 0.2) is 0 Å². The third-order valence-corrected chi connectivity index (χ3v) is 12.0. The summed E-state index contributed by atoms with van der Waals surface area (Å²) in [6.07, 6.45) is 32.4. The van der Waals surface area contributed by atoms with E-state index >= 15 is 0 Å². The summed E-state index contributed by atoms with van der Waals surface area (Å²) < 4.78 is 33.4. The zero-order chi connectivity index (χ0) is 48.7. The van der Waals surface area contributed by atoms with E-state index in [0.717, 1.165) is 83.6 Å². The average molecular weight is 940 g/mol. The van der Waals surface area contributed by atoms with Crippen LogP contribution in [0.2, 0.25) is 0 Å². The molecule has 0 fully saturated rings. The number of nitrogens with zero attached hydrogens (tertiary/aromatic N) is 1. The quantitative estimate of drug-likeness (QED) is 0.0325. The molecule has 0 atom stereocenters. The Labute approximate surface area is 403 Å². The Hall–Kier alpha value is -2.89. The van der Waals surface area contributed by atoms with Gasteiger partial charge in [0.2, 0.25) is 0 Å². The molecule has 0 aromatic heterocycles. The van der Waals surface area contributed by atoms with Gasteiger partial charge in [-0.1, -0.05) is 156 Å². The van der Waals surface area contributed by atoms with E-state index < -0.39 is 24.0 Å². The van der Waals surface area contributed by atoms with Crippen LogP contribution in [0.5, 0.6) is 0 Å². The maximum atomic E-state index is 12.9. The first kappa shape index (κ1) is 63.1. The molecule has 0 N–H and O–H groups in total. The lowest BCUT2D eigenvalue weighted by atomic mass is 10.0. The van der Waals surface area contributed by atoms with Crippen LogP contribution in [0, 0.1) is 5.92 Å². The van der Waals surface area contributed by atoms with Gasteiger partial charge in [-0.05, 0) is 84.7 Å². The second-order valence-electron chi connectivity index (χ2n) is 19.0. The minimum atomic E-state index is -0.856. The van der Waals surface area contributed by atoms with Gasteiger partial charge in [0.1, 0.15) is 32.0 Å². The molecule has 0 aliphatic rings. The molecule has 66 heavy (non-hydrogen) atoms. The van der Waals surface area contributed by atoms with Gasteiger partial charge in [-0.15, -0.1) is 0 Å². The van der Waals surface area contributed by atoms with Crippen LogP contribution in [0.25, 0.3) is 0 Å². The van der Waals surface area contributed by atoms with Crippen molar-refractivity contribution in [3.8, 4) is 0 Å². The average Bonchev–Trinajstić information content (AvgIpc) is 3.29. The van der Waals surface area contributed by atoms with Gasteiger partial charge in [0.05, 0.1) is 12.5 Å². The van der Waals surface area contributed by atoms with Crippen LogP contribution in [0.15, 0.2) is 0 Å². The van der Waals surface area contributed by atoms with E-state index in [1.807, 2.05) is 19.0 Å². The SMILES string of the molecule is CCCCCCCCC(CCCCCCCC)OC(=O)CCCC(=O)OCC(COC(=O)CCCC(=O)OC(CCCCCCCC)CCCCCCCC)COC(=O)OCCCN(C)C. The number of rotatable bonds is 48. The van der Waals surface area contributed by atoms with Crippen molar-refractivity contribution in [2.45, 2.75) is 265 Å². The van der Waals surface area contributed by atoms with Gasteiger partial charge in [0, 0.05) is 32.2 Å². The summed E-state index contributed by atoms with van der Waals surface area (Å²) in [4.78, 5) is 65.6. The van der Waals surface area contributed by atoms with Gasteiger partial charge in [-0.3, -0.25) is 19.2 Å². The molecule has 0 rings (SSSR count). The van der Waals surface area contributed by atoms with Gasteiger partial charge in [0.25, 0.3) is 0 Å². The maximum absolute atomic E-state index is 12.9.